The van der Waals surface area contributed by atoms with Crippen molar-refractivity contribution in [1.82, 2.24) is 4.72 Å². The second-order valence-corrected chi connectivity index (χ2v) is 8.89. The fourth-order valence-electron chi connectivity index (χ4n) is 3.00. The normalized spacial score (nSPS) is 14.4. The summed E-state index contributed by atoms with van der Waals surface area (Å²) in [6, 6.07) is 9.31. The number of benzene rings is 2. The van der Waals surface area contributed by atoms with Crippen LogP contribution in [0.2, 0.25) is 10.0 Å². The molecule has 9 heteroatoms. The smallest absolute Gasteiger partial charge is 0.257 e. The zero-order valence-corrected chi connectivity index (χ0v) is 17.0. The number of carbonyl (C=O) groups excluding carboxylic acids is 1. The van der Waals surface area contributed by atoms with Crippen LogP contribution in [0.3, 0.4) is 0 Å². The van der Waals surface area contributed by atoms with Crippen molar-refractivity contribution in [2.24, 2.45) is 0 Å². The van der Waals surface area contributed by atoms with Crippen molar-refractivity contribution in [1.29, 1.82) is 0 Å². The summed E-state index contributed by atoms with van der Waals surface area (Å²) in [6.07, 6.45) is 2.18. The minimum atomic E-state index is -3.69. The van der Waals surface area contributed by atoms with Gasteiger partial charge in [-0.1, -0.05) is 23.2 Å². The number of hydrogen-bond donors (Lipinski definition) is 2. The van der Waals surface area contributed by atoms with Crippen LogP contribution in [0, 0.1) is 0 Å². The largest absolute Gasteiger partial charge is 0.370 e. The zero-order valence-electron chi connectivity index (χ0n) is 14.6. The van der Waals surface area contributed by atoms with Crippen LogP contribution >= 0.6 is 23.2 Å². The number of anilines is 2. The molecule has 3 rings (SSSR count). The van der Waals surface area contributed by atoms with Gasteiger partial charge in [0.1, 0.15) is 0 Å². The average Bonchev–Trinajstić information content (AvgIpc) is 3.16. The first-order valence-corrected chi connectivity index (χ1v) is 10.6. The van der Waals surface area contributed by atoms with Gasteiger partial charge in [0.2, 0.25) is 10.0 Å². The van der Waals surface area contributed by atoms with Gasteiger partial charge in [0, 0.05) is 18.1 Å². The minimum absolute atomic E-state index is 0.0367. The summed E-state index contributed by atoms with van der Waals surface area (Å²) < 4.78 is 26.2. The standard InChI is InChI=1S/C18H19Cl2N3O3S/c1-21-27(25,26)13-5-6-15(20)14(11-13)18(24)22-16-10-12(19)4-7-17(16)23-8-2-3-9-23/h4-7,10-11,21H,2-3,8-9H2,1H3,(H,22,24). The van der Waals surface area contributed by atoms with E-state index in [0.717, 1.165) is 31.6 Å². The van der Waals surface area contributed by atoms with E-state index in [9.17, 15) is 13.2 Å². The molecule has 1 saturated heterocycles. The number of carbonyl (C=O) groups is 1. The number of nitrogens with one attached hydrogen (secondary N) is 2. The molecule has 0 aromatic heterocycles. The van der Waals surface area contributed by atoms with Gasteiger partial charge in [0.05, 0.1) is 26.9 Å². The fraction of sp³-hybridized carbons (Fsp3) is 0.278. The molecule has 6 nitrogen and oxygen atoms in total. The molecule has 1 fully saturated rings. The summed E-state index contributed by atoms with van der Waals surface area (Å²) in [5, 5.41) is 3.47. The lowest BCUT2D eigenvalue weighted by Gasteiger charge is -2.22. The molecule has 0 spiro atoms. The molecule has 0 aliphatic carbocycles. The zero-order chi connectivity index (χ0) is 19.6. The Morgan fingerprint density at radius 3 is 2.44 bits per heavy atom. The second kappa shape index (κ2) is 8.06. The molecule has 0 saturated carbocycles. The molecule has 144 valence electrons. The van der Waals surface area contributed by atoms with Crippen molar-refractivity contribution in [3.63, 3.8) is 0 Å². The number of amides is 1. The van der Waals surface area contributed by atoms with Gasteiger partial charge >= 0.3 is 0 Å². The Morgan fingerprint density at radius 2 is 1.78 bits per heavy atom. The maximum absolute atomic E-state index is 12.8. The van der Waals surface area contributed by atoms with Crippen LogP contribution < -0.4 is 14.9 Å². The van der Waals surface area contributed by atoms with Crippen LogP contribution in [-0.4, -0.2) is 34.5 Å². The highest BCUT2D eigenvalue weighted by atomic mass is 35.5. The van der Waals surface area contributed by atoms with E-state index < -0.39 is 15.9 Å². The summed E-state index contributed by atoms with van der Waals surface area (Å²) in [5.41, 5.74) is 1.51. The lowest BCUT2D eigenvalue weighted by atomic mass is 10.2. The Hall–Kier alpha value is -1.80. The molecule has 1 amide bonds. The Balaban J connectivity index is 1.94. The molecule has 0 unspecified atom stereocenters. The van der Waals surface area contributed by atoms with Gasteiger partial charge in [0.15, 0.2) is 0 Å². The monoisotopic (exact) mass is 427 g/mol. The maximum atomic E-state index is 12.8. The van der Waals surface area contributed by atoms with E-state index in [1.54, 1.807) is 12.1 Å². The van der Waals surface area contributed by atoms with Crippen molar-refractivity contribution in [2.75, 3.05) is 30.4 Å². The molecule has 27 heavy (non-hydrogen) atoms. The highest BCUT2D eigenvalue weighted by Gasteiger charge is 2.21. The molecule has 0 atom stereocenters. The lowest BCUT2D eigenvalue weighted by molar-refractivity contribution is 0.102. The first-order chi connectivity index (χ1) is 12.8. The fourth-order valence-corrected chi connectivity index (χ4v) is 4.13. The predicted molar refractivity (Wildman–Crippen MR) is 109 cm³/mol. The Labute approximate surface area is 168 Å². The quantitative estimate of drug-likeness (QED) is 0.761. The first-order valence-electron chi connectivity index (χ1n) is 8.41. The molecule has 2 aromatic rings. The molecule has 1 heterocycles. The van der Waals surface area contributed by atoms with Gasteiger partial charge in [-0.15, -0.1) is 0 Å². The van der Waals surface area contributed by atoms with Crippen molar-refractivity contribution in [3.05, 3.63) is 52.0 Å². The summed E-state index contributed by atoms with van der Waals surface area (Å²) in [7, 11) is -2.39. The van der Waals surface area contributed by atoms with Gasteiger partial charge in [-0.05, 0) is 56.3 Å². The van der Waals surface area contributed by atoms with Gasteiger partial charge in [-0.2, -0.15) is 0 Å². The van der Waals surface area contributed by atoms with E-state index in [-0.39, 0.29) is 15.5 Å². The van der Waals surface area contributed by atoms with Gasteiger partial charge < -0.3 is 10.2 Å². The third-order valence-electron chi connectivity index (χ3n) is 4.42. The molecular weight excluding hydrogens is 409 g/mol. The highest BCUT2D eigenvalue weighted by Crippen LogP contribution is 2.32. The van der Waals surface area contributed by atoms with Gasteiger partial charge in [0.25, 0.3) is 5.91 Å². The molecular formula is C18H19Cl2N3O3S. The number of rotatable bonds is 5. The van der Waals surface area contributed by atoms with Crippen LogP contribution in [0.15, 0.2) is 41.3 Å². The summed E-state index contributed by atoms with van der Waals surface area (Å²) in [5.74, 6) is -0.504. The SMILES string of the molecule is CNS(=O)(=O)c1ccc(Cl)c(C(=O)Nc2cc(Cl)ccc2N2CCCC2)c1. The van der Waals surface area contributed by atoms with Crippen LogP contribution in [-0.2, 0) is 10.0 Å². The van der Waals surface area contributed by atoms with E-state index >= 15 is 0 Å². The van der Waals surface area contributed by atoms with Crippen molar-refractivity contribution in [2.45, 2.75) is 17.7 Å². The van der Waals surface area contributed by atoms with Crippen LogP contribution in [0.5, 0.6) is 0 Å². The third kappa shape index (κ3) is 4.38. The first kappa shape index (κ1) is 19.9. The molecule has 0 bridgehead atoms. The van der Waals surface area contributed by atoms with E-state index in [1.165, 1.54) is 25.2 Å². The van der Waals surface area contributed by atoms with Crippen LogP contribution in [0.1, 0.15) is 23.2 Å². The number of nitrogens with zero attached hydrogens (tertiary/aromatic N) is 1. The number of halogens is 2. The summed E-state index contributed by atoms with van der Waals surface area (Å²) in [6.45, 7) is 1.81. The van der Waals surface area contributed by atoms with E-state index in [0.29, 0.717) is 10.7 Å². The third-order valence-corrected chi connectivity index (χ3v) is 6.39. The van der Waals surface area contributed by atoms with Gasteiger partial charge in [-0.25, -0.2) is 13.1 Å². The van der Waals surface area contributed by atoms with E-state index in [2.05, 4.69) is 14.9 Å². The topological polar surface area (TPSA) is 78.5 Å². The molecule has 2 N–H and O–H groups in total. The lowest BCUT2D eigenvalue weighted by Crippen LogP contribution is -2.22. The van der Waals surface area contributed by atoms with Crippen LogP contribution in [0.25, 0.3) is 0 Å². The maximum Gasteiger partial charge on any atom is 0.257 e. The highest BCUT2D eigenvalue weighted by molar-refractivity contribution is 7.89. The molecule has 0 radical (unpaired) electrons. The second-order valence-electron chi connectivity index (χ2n) is 6.16. The predicted octanol–water partition coefficient (Wildman–Crippen LogP) is 3.75. The Morgan fingerprint density at radius 1 is 1.07 bits per heavy atom. The van der Waals surface area contributed by atoms with Gasteiger partial charge in [-0.3, -0.25) is 4.79 Å². The molecule has 1 aliphatic heterocycles. The van der Waals surface area contributed by atoms with Crippen molar-refractivity contribution in [3.8, 4) is 0 Å². The number of hydrogen-bond acceptors (Lipinski definition) is 4. The van der Waals surface area contributed by atoms with Crippen LogP contribution in [0.4, 0.5) is 11.4 Å². The van der Waals surface area contributed by atoms with Crippen molar-refractivity contribution < 1.29 is 13.2 Å². The number of sulfonamides is 1. The average molecular weight is 428 g/mol. The molecule has 2 aromatic carbocycles. The minimum Gasteiger partial charge on any atom is -0.370 e. The summed E-state index contributed by atoms with van der Waals surface area (Å²) in [4.78, 5) is 14.9. The van der Waals surface area contributed by atoms with Crippen molar-refractivity contribution >= 4 is 50.5 Å². The Kier molecular flexibility index (Phi) is 5.95. The molecule has 1 aliphatic rings. The summed E-state index contributed by atoms with van der Waals surface area (Å²) >= 11 is 12.2. The Bertz CT molecular complexity index is 974. The van der Waals surface area contributed by atoms with E-state index in [1.807, 2.05) is 6.07 Å². The van der Waals surface area contributed by atoms with E-state index in [4.69, 9.17) is 23.2 Å².